The minimum atomic E-state index is 0.268. The van der Waals surface area contributed by atoms with Crippen molar-refractivity contribution in [1.82, 2.24) is 5.43 Å². The molecule has 0 aromatic rings. The summed E-state index contributed by atoms with van der Waals surface area (Å²) in [6.45, 7) is 7.09. The van der Waals surface area contributed by atoms with E-state index >= 15 is 0 Å². The molecule has 0 bridgehead atoms. The van der Waals surface area contributed by atoms with Crippen LogP contribution in [0.4, 0.5) is 0 Å². The van der Waals surface area contributed by atoms with Crippen molar-refractivity contribution in [3.05, 3.63) is 23.1 Å². The number of rotatable bonds is 3. The SMILES string of the molecule is C=C(/N=N\C(Cl)=C(C)C)NN. The molecule has 0 heterocycles. The largest absolute Gasteiger partial charge is 0.307 e. The average molecular weight is 175 g/mol. The maximum absolute atomic E-state index is 5.63. The van der Waals surface area contributed by atoms with Crippen LogP contribution in [0.25, 0.3) is 0 Å². The molecule has 0 saturated heterocycles. The molecule has 3 N–H and O–H groups in total. The van der Waals surface area contributed by atoms with Gasteiger partial charge in [-0.15, -0.1) is 10.2 Å². The van der Waals surface area contributed by atoms with Gasteiger partial charge in [-0.25, -0.2) is 5.84 Å². The summed E-state index contributed by atoms with van der Waals surface area (Å²) in [5.74, 6) is 5.24. The zero-order chi connectivity index (χ0) is 8.85. The second-order valence-corrected chi connectivity index (χ2v) is 2.44. The number of hydrogen-bond acceptors (Lipinski definition) is 4. The van der Waals surface area contributed by atoms with E-state index in [0.29, 0.717) is 5.16 Å². The molecule has 0 aliphatic heterocycles. The molecule has 0 spiro atoms. The summed E-state index contributed by atoms with van der Waals surface area (Å²) in [6, 6.07) is 0. The Hall–Kier alpha value is -0.870. The summed E-state index contributed by atoms with van der Waals surface area (Å²) in [7, 11) is 0. The zero-order valence-electron chi connectivity index (χ0n) is 6.56. The molecule has 0 saturated carbocycles. The first kappa shape index (κ1) is 10.1. The van der Waals surface area contributed by atoms with Gasteiger partial charge in [0.1, 0.15) is 5.16 Å². The van der Waals surface area contributed by atoms with E-state index in [9.17, 15) is 0 Å². The number of azo groups is 1. The monoisotopic (exact) mass is 174 g/mol. The zero-order valence-corrected chi connectivity index (χ0v) is 7.31. The number of nitrogens with two attached hydrogens (primary N) is 1. The normalized spacial score (nSPS) is 9.82. The van der Waals surface area contributed by atoms with Crippen LogP contribution in [0.15, 0.2) is 33.4 Å². The average Bonchev–Trinajstić information content (AvgIpc) is 1.99. The third-order valence-electron chi connectivity index (χ3n) is 0.838. The van der Waals surface area contributed by atoms with Gasteiger partial charge < -0.3 is 5.43 Å². The lowest BCUT2D eigenvalue weighted by Gasteiger charge is -1.94. The van der Waals surface area contributed by atoms with Gasteiger partial charge >= 0.3 is 0 Å². The lowest BCUT2D eigenvalue weighted by molar-refractivity contribution is 0.844. The summed E-state index contributed by atoms with van der Waals surface area (Å²) >= 11 is 5.63. The second-order valence-electron chi connectivity index (χ2n) is 2.08. The molecule has 0 aliphatic rings. The van der Waals surface area contributed by atoms with Gasteiger partial charge in [-0.1, -0.05) is 18.2 Å². The molecule has 0 fully saturated rings. The molecule has 62 valence electrons. The molecule has 5 heteroatoms. The van der Waals surface area contributed by atoms with E-state index in [-0.39, 0.29) is 5.82 Å². The van der Waals surface area contributed by atoms with Crippen molar-refractivity contribution >= 4 is 11.6 Å². The maximum Gasteiger partial charge on any atom is 0.155 e. The number of hydrogen-bond donors (Lipinski definition) is 2. The van der Waals surface area contributed by atoms with Crippen LogP contribution in [0.5, 0.6) is 0 Å². The molecular formula is C6H11ClN4. The van der Waals surface area contributed by atoms with Crippen molar-refractivity contribution in [2.75, 3.05) is 0 Å². The fourth-order valence-corrected chi connectivity index (χ4v) is 0.271. The van der Waals surface area contributed by atoms with Crippen LogP contribution >= 0.6 is 11.6 Å². The van der Waals surface area contributed by atoms with E-state index in [4.69, 9.17) is 17.4 Å². The highest BCUT2D eigenvalue weighted by atomic mass is 35.5. The van der Waals surface area contributed by atoms with Crippen molar-refractivity contribution in [2.45, 2.75) is 13.8 Å². The Morgan fingerprint density at radius 2 is 2.00 bits per heavy atom. The van der Waals surface area contributed by atoms with Crippen LogP contribution in [-0.2, 0) is 0 Å². The standard InChI is InChI=1S/C6H11ClN4/c1-4(2)6(7)11-10-5(3)9-8/h9H,3,8H2,1-2H3/b11-10-. The van der Waals surface area contributed by atoms with Gasteiger partial charge in [-0.2, -0.15) is 0 Å². The van der Waals surface area contributed by atoms with E-state index in [2.05, 4.69) is 22.2 Å². The van der Waals surface area contributed by atoms with E-state index in [0.717, 1.165) is 5.57 Å². The number of nitrogens with one attached hydrogen (secondary N) is 1. The number of allylic oxidation sites excluding steroid dienone is 1. The van der Waals surface area contributed by atoms with Crippen molar-refractivity contribution in [2.24, 2.45) is 16.1 Å². The Morgan fingerprint density at radius 3 is 2.36 bits per heavy atom. The molecule has 0 amide bonds. The third-order valence-corrected chi connectivity index (χ3v) is 1.29. The Balaban J connectivity index is 4.15. The molecule has 0 aromatic heterocycles. The fourth-order valence-electron chi connectivity index (χ4n) is 0.233. The van der Waals surface area contributed by atoms with Crippen LogP contribution in [0.3, 0.4) is 0 Å². The number of nitrogens with zero attached hydrogens (tertiary/aromatic N) is 2. The number of hydrazine groups is 1. The Kier molecular flexibility index (Phi) is 4.49. The lowest BCUT2D eigenvalue weighted by Crippen LogP contribution is -2.18. The highest BCUT2D eigenvalue weighted by molar-refractivity contribution is 6.29. The highest BCUT2D eigenvalue weighted by Gasteiger charge is 1.90. The molecule has 0 aromatic carbocycles. The molecule has 11 heavy (non-hydrogen) atoms. The predicted octanol–water partition coefficient (Wildman–Crippen LogP) is 1.86. The van der Waals surface area contributed by atoms with Gasteiger partial charge in [-0.3, -0.25) is 0 Å². The quantitative estimate of drug-likeness (QED) is 0.297. The van der Waals surface area contributed by atoms with Crippen molar-refractivity contribution in [1.29, 1.82) is 0 Å². The second kappa shape index (κ2) is 4.87. The molecule has 0 atom stereocenters. The van der Waals surface area contributed by atoms with Crippen LogP contribution in [-0.4, -0.2) is 0 Å². The van der Waals surface area contributed by atoms with Crippen LogP contribution in [0, 0.1) is 0 Å². The minimum absolute atomic E-state index is 0.268. The van der Waals surface area contributed by atoms with Crippen LogP contribution in [0.2, 0.25) is 0 Å². The first-order valence-electron chi connectivity index (χ1n) is 2.98. The van der Waals surface area contributed by atoms with Gasteiger partial charge in [0.2, 0.25) is 0 Å². The molecule has 0 unspecified atom stereocenters. The van der Waals surface area contributed by atoms with E-state index in [1.54, 1.807) is 0 Å². The van der Waals surface area contributed by atoms with Crippen molar-refractivity contribution < 1.29 is 0 Å². The Labute approximate surface area is 70.8 Å². The molecule has 4 nitrogen and oxygen atoms in total. The van der Waals surface area contributed by atoms with Gasteiger partial charge in [-0.05, 0) is 19.4 Å². The third kappa shape index (κ3) is 4.52. The summed E-state index contributed by atoms with van der Waals surface area (Å²) in [4.78, 5) is 0. The van der Waals surface area contributed by atoms with E-state index in [1.165, 1.54) is 0 Å². The predicted molar refractivity (Wildman–Crippen MR) is 45.5 cm³/mol. The smallest absolute Gasteiger partial charge is 0.155 e. The first-order chi connectivity index (χ1) is 5.07. The topological polar surface area (TPSA) is 62.8 Å². The summed E-state index contributed by atoms with van der Waals surface area (Å²) in [5, 5.41) is 7.54. The van der Waals surface area contributed by atoms with E-state index < -0.39 is 0 Å². The maximum atomic E-state index is 5.63. The first-order valence-corrected chi connectivity index (χ1v) is 3.36. The fraction of sp³-hybridized carbons (Fsp3) is 0.333. The molecule has 0 rings (SSSR count). The molecular weight excluding hydrogens is 164 g/mol. The summed E-state index contributed by atoms with van der Waals surface area (Å²) in [5.41, 5.74) is 3.11. The lowest BCUT2D eigenvalue weighted by atomic mass is 10.4. The van der Waals surface area contributed by atoms with Gasteiger partial charge in [0.15, 0.2) is 5.82 Å². The van der Waals surface area contributed by atoms with E-state index in [1.807, 2.05) is 13.8 Å². The van der Waals surface area contributed by atoms with Crippen molar-refractivity contribution in [3.8, 4) is 0 Å². The van der Waals surface area contributed by atoms with Gasteiger partial charge in [0, 0.05) is 0 Å². The van der Waals surface area contributed by atoms with Gasteiger partial charge in [0.05, 0.1) is 0 Å². The van der Waals surface area contributed by atoms with Crippen LogP contribution in [0.1, 0.15) is 13.8 Å². The minimum Gasteiger partial charge on any atom is -0.307 e. The van der Waals surface area contributed by atoms with Gasteiger partial charge in [0.25, 0.3) is 0 Å². The summed E-state index contributed by atoms with van der Waals surface area (Å²) in [6.07, 6.45) is 0. The Bertz CT molecular complexity index is 203. The highest BCUT2D eigenvalue weighted by Crippen LogP contribution is 2.10. The Morgan fingerprint density at radius 1 is 1.45 bits per heavy atom. The van der Waals surface area contributed by atoms with Crippen molar-refractivity contribution in [3.63, 3.8) is 0 Å². The molecule has 0 aliphatic carbocycles. The number of halogens is 1. The molecule has 0 radical (unpaired) electrons. The van der Waals surface area contributed by atoms with Crippen LogP contribution < -0.4 is 11.3 Å². The summed E-state index contributed by atoms with van der Waals surface area (Å²) < 4.78 is 0.